The van der Waals surface area contributed by atoms with E-state index in [4.69, 9.17) is 4.42 Å². The lowest BCUT2D eigenvalue weighted by atomic mass is 10.1. The second kappa shape index (κ2) is 7.53. The van der Waals surface area contributed by atoms with E-state index in [1.54, 1.807) is 30.5 Å². The average Bonchev–Trinajstić information content (AvgIpc) is 3.32. The monoisotopic (exact) mass is 341 g/mol. The van der Waals surface area contributed by atoms with Crippen molar-refractivity contribution in [3.8, 4) is 0 Å². The Balaban J connectivity index is 1.56. The zero-order valence-electron chi connectivity index (χ0n) is 14.5. The fourth-order valence-corrected chi connectivity index (χ4v) is 2.60. The average molecular weight is 341 g/mol. The molecule has 1 aromatic carbocycles. The van der Waals surface area contributed by atoms with E-state index in [9.17, 15) is 9.59 Å². The summed E-state index contributed by atoms with van der Waals surface area (Å²) in [5.41, 5.74) is 1.27. The van der Waals surface area contributed by atoms with Gasteiger partial charge in [0.05, 0.1) is 12.3 Å². The molecular formula is C19H23N3O3. The van der Waals surface area contributed by atoms with Gasteiger partial charge in [0.1, 0.15) is 5.76 Å². The first-order valence-electron chi connectivity index (χ1n) is 8.43. The molecule has 1 aliphatic carbocycles. The number of hydrogen-bond donors (Lipinski definition) is 2. The number of hydrogen-bond acceptors (Lipinski definition) is 4. The van der Waals surface area contributed by atoms with Gasteiger partial charge in [-0.15, -0.1) is 0 Å². The van der Waals surface area contributed by atoms with E-state index in [-0.39, 0.29) is 23.8 Å². The number of furan rings is 1. The zero-order chi connectivity index (χ0) is 17.8. The second-order valence-electron chi connectivity index (χ2n) is 6.55. The Kier molecular flexibility index (Phi) is 5.19. The minimum atomic E-state index is -0.154. The van der Waals surface area contributed by atoms with Crippen molar-refractivity contribution in [1.29, 1.82) is 0 Å². The summed E-state index contributed by atoms with van der Waals surface area (Å²) >= 11 is 0. The van der Waals surface area contributed by atoms with Crippen molar-refractivity contribution < 1.29 is 14.0 Å². The highest BCUT2D eigenvalue weighted by molar-refractivity contribution is 5.96. The molecule has 3 rings (SSSR count). The molecule has 0 radical (unpaired) electrons. The molecule has 1 aliphatic rings. The fourth-order valence-electron chi connectivity index (χ4n) is 2.60. The first-order chi connectivity index (χ1) is 12.0. The zero-order valence-corrected chi connectivity index (χ0v) is 14.5. The Labute approximate surface area is 147 Å². The van der Waals surface area contributed by atoms with Crippen LogP contribution in [-0.4, -0.2) is 37.4 Å². The molecule has 25 heavy (non-hydrogen) atoms. The topological polar surface area (TPSA) is 74.6 Å². The number of carbonyl (C=O) groups is 2. The third-order valence-electron chi connectivity index (χ3n) is 4.31. The van der Waals surface area contributed by atoms with Crippen LogP contribution in [0.25, 0.3) is 0 Å². The molecule has 2 N–H and O–H groups in total. The van der Waals surface area contributed by atoms with Crippen molar-refractivity contribution in [1.82, 2.24) is 10.2 Å². The number of nitrogens with zero attached hydrogens (tertiary/aromatic N) is 1. The number of carbonyl (C=O) groups excluding carboxylic acids is 2. The Bertz CT molecular complexity index is 719. The molecule has 1 unspecified atom stereocenters. The predicted molar refractivity (Wildman–Crippen MR) is 95.3 cm³/mol. The Hall–Kier alpha value is -2.60. The van der Waals surface area contributed by atoms with Crippen molar-refractivity contribution in [2.75, 3.05) is 26.0 Å². The lowest BCUT2D eigenvalue weighted by Gasteiger charge is -2.22. The highest BCUT2D eigenvalue weighted by atomic mass is 16.3. The van der Waals surface area contributed by atoms with Crippen LogP contribution in [0, 0.1) is 5.92 Å². The first kappa shape index (κ1) is 17.2. The van der Waals surface area contributed by atoms with Gasteiger partial charge in [0.15, 0.2) is 0 Å². The van der Waals surface area contributed by atoms with E-state index in [0.717, 1.165) is 24.3 Å². The van der Waals surface area contributed by atoms with Gasteiger partial charge in [0.2, 0.25) is 5.91 Å². The van der Waals surface area contributed by atoms with Crippen molar-refractivity contribution >= 4 is 17.5 Å². The van der Waals surface area contributed by atoms with Gasteiger partial charge in [-0.05, 0) is 63.3 Å². The molecule has 0 saturated heterocycles. The lowest BCUT2D eigenvalue weighted by Crippen LogP contribution is -2.34. The molecule has 0 aliphatic heterocycles. The van der Waals surface area contributed by atoms with E-state index < -0.39 is 0 Å². The van der Waals surface area contributed by atoms with Crippen LogP contribution >= 0.6 is 0 Å². The third kappa shape index (κ3) is 4.48. The Morgan fingerprint density at radius 1 is 1.20 bits per heavy atom. The summed E-state index contributed by atoms with van der Waals surface area (Å²) in [5, 5.41) is 5.79. The van der Waals surface area contributed by atoms with E-state index >= 15 is 0 Å². The van der Waals surface area contributed by atoms with E-state index in [2.05, 4.69) is 10.6 Å². The fraction of sp³-hybridized carbons (Fsp3) is 0.368. The summed E-state index contributed by atoms with van der Waals surface area (Å²) in [5.74, 6) is 0.874. The number of rotatable bonds is 7. The van der Waals surface area contributed by atoms with Crippen molar-refractivity contribution in [3.05, 3.63) is 54.0 Å². The van der Waals surface area contributed by atoms with Crippen molar-refractivity contribution in [3.63, 3.8) is 0 Å². The third-order valence-corrected chi connectivity index (χ3v) is 4.31. The summed E-state index contributed by atoms with van der Waals surface area (Å²) in [4.78, 5) is 26.1. The van der Waals surface area contributed by atoms with E-state index in [1.165, 1.54) is 0 Å². The molecule has 6 nitrogen and oxygen atoms in total. The highest BCUT2D eigenvalue weighted by Crippen LogP contribution is 2.30. The Morgan fingerprint density at radius 2 is 1.92 bits per heavy atom. The number of anilines is 1. The van der Waals surface area contributed by atoms with Gasteiger partial charge >= 0.3 is 0 Å². The molecule has 1 heterocycles. The second-order valence-corrected chi connectivity index (χ2v) is 6.55. The van der Waals surface area contributed by atoms with Crippen LogP contribution in [0.3, 0.4) is 0 Å². The molecule has 0 spiro atoms. The summed E-state index contributed by atoms with van der Waals surface area (Å²) in [7, 11) is 3.88. The lowest BCUT2D eigenvalue weighted by molar-refractivity contribution is -0.117. The number of benzene rings is 1. The highest BCUT2D eigenvalue weighted by Gasteiger charge is 2.29. The number of amides is 2. The SMILES string of the molecule is CN(C)C(CNC(=O)c1ccc(NC(=O)C2CC2)cc1)c1ccco1. The molecule has 1 aromatic heterocycles. The molecule has 1 saturated carbocycles. The minimum absolute atomic E-state index is 0.0314. The van der Waals surface area contributed by atoms with Crippen LogP contribution in [0.1, 0.15) is 35.0 Å². The quantitative estimate of drug-likeness (QED) is 0.812. The van der Waals surface area contributed by atoms with Gasteiger partial charge in [-0.25, -0.2) is 0 Å². The number of nitrogens with one attached hydrogen (secondary N) is 2. The number of likely N-dealkylation sites (N-methyl/N-ethyl adjacent to an activating group) is 1. The van der Waals surface area contributed by atoms with Crippen LogP contribution in [0.2, 0.25) is 0 Å². The molecule has 1 atom stereocenters. The molecule has 0 bridgehead atoms. The summed E-state index contributed by atoms with van der Waals surface area (Å²) in [6.45, 7) is 0.444. The summed E-state index contributed by atoms with van der Waals surface area (Å²) in [6.07, 6.45) is 3.56. The standard InChI is InChI=1S/C19H23N3O3/c1-22(2)16(17-4-3-11-25-17)12-20-18(23)13-7-9-15(10-8-13)21-19(24)14-5-6-14/h3-4,7-11,14,16H,5-6,12H2,1-2H3,(H,20,23)(H,21,24). The maximum absolute atomic E-state index is 12.3. The van der Waals surface area contributed by atoms with Crippen LogP contribution < -0.4 is 10.6 Å². The van der Waals surface area contributed by atoms with Gasteiger partial charge in [-0.2, -0.15) is 0 Å². The molecule has 6 heteroatoms. The molecule has 1 fully saturated rings. The van der Waals surface area contributed by atoms with Crippen LogP contribution in [0.4, 0.5) is 5.69 Å². The normalized spacial score (nSPS) is 15.0. The van der Waals surface area contributed by atoms with Crippen LogP contribution in [0.5, 0.6) is 0 Å². The van der Waals surface area contributed by atoms with Gasteiger partial charge in [-0.1, -0.05) is 0 Å². The smallest absolute Gasteiger partial charge is 0.251 e. The van der Waals surface area contributed by atoms with Crippen molar-refractivity contribution in [2.45, 2.75) is 18.9 Å². The molecular weight excluding hydrogens is 318 g/mol. The maximum atomic E-state index is 12.3. The van der Waals surface area contributed by atoms with E-state index in [1.807, 2.05) is 31.1 Å². The maximum Gasteiger partial charge on any atom is 0.251 e. The summed E-state index contributed by atoms with van der Waals surface area (Å²) < 4.78 is 5.44. The van der Waals surface area contributed by atoms with Gasteiger partial charge in [-0.3, -0.25) is 14.5 Å². The van der Waals surface area contributed by atoms with Crippen LogP contribution in [-0.2, 0) is 4.79 Å². The Morgan fingerprint density at radius 3 is 2.48 bits per heavy atom. The van der Waals surface area contributed by atoms with E-state index in [0.29, 0.717) is 12.1 Å². The van der Waals surface area contributed by atoms with Crippen molar-refractivity contribution in [2.24, 2.45) is 5.92 Å². The minimum Gasteiger partial charge on any atom is -0.468 e. The molecule has 2 amide bonds. The summed E-state index contributed by atoms with van der Waals surface area (Å²) in [6, 6.07) is 10.6. The van der Waals surface area contributed by atoms with Crippen LogP contribution in [0.15, 0.2) is 47.1 Å². The van der Waals surface area contributed by atoms with Gasteiger partial charge in [0, 0.05) is 23.7 Å². The largest absolute Gasteiger partial charge is 0.468 e. The first-order valence-corrected chi connectivity index (χ1v) is 8.43. The predicted octanol–water partition coefficient (Wildman–Crippen LogP) is 2.66. The molecule has 2 aromatic rings. The van der Waals surface area contributed by atoms with Gasteiger partial charge in [0.25, 0.3) is 5.91 Å². The molecule has 132 valence electrons. The van der Waals surface area contributed by atoms with Gasteiger partial charge < -0.3 is 15.1 Å².